The van der Waals surface area contributed by atoms with E-state index in [4.69, 9.17) is 9.47 Å². The highest BCUT2D eigenvalue weighted by Crippen LogP contribution is 2.32. The van der Waals surface area contributed by atoms with Gasteiger partial charge in [0.05, 0.1) is 18.8 Å². The lowest BCUT2D eigenvalue weighted by atomic mass is 10.1. The van der Waals surface area contributed by atoms with E-state index in [1.165, 1.54) is 12.8 Å². The number of para-hydroxylation sites is 2. The van der Waals surface area contributed by atoms with Crippen LogP contribution in [0.3, 0.4) is 0 Å². The summed E-state index contributed by atoms with van der Waals surface area (Å²) < 4.78 is 11.3. The molecule has 4 heteroatoms. The van der Waals surface area contributed by atoms with Crippen molar-refractivity contribution in [3.63, 3.8) is 0 Å². The minimum Gasteiger partial charge on any atom is -0.494 e. The summed E-state index contributed by atoms with van der Waals surface area (Å²) in [5.74, 6) is 1.56. The molecule has 2 aromatic carbocycles. The van der Waals surface area contributed by atoms with E-state index in [-0.39, 0.29) is 5.91 Å². The van der Waals surface area contributed by atoms with Crippen LogP contribution in [-0.4, -0.2) is 25.7 Å². The lowest BCUT2D eigenvalue weighted by molar-refractivity contribution is 0.0976. The number of amides is 1. The molecule has 0 bridgehead atoms. The van der Waals surface area contributed by atoms with Crippen molar-refractivity contribution in [1.29, 1.82) is 0 Å². The zero-order valence-electron chi connectivity index (χ0n) is 14.0. The van der Waals surface area contributed by atoms with Crippen molar-refractivity contribution in [3.05, 3.63) is 54.1 Å². The summed E-state index contributed by atoms with van der Waals surface area (Å²) in [6.45, 7) is 3.97. The van der Waals surface area contributed by atoms with Crippen molar-refractivity contribution in [1.82, 2.24) is 0 Å². The minimum atomic E-state index is -0.0108. The van der Waals surface area contributed by atoms with Crippen LogP contribution >= 0.6 is 0 Å². The van der Waals surface area contributed by atoms with Crippen molar-refractivity contribution < 1.29 is 14.3 Å². The van der Waals surface area contributed by atoms with Gasteiger partial charge in [0.25, 0.3) is 5.91 Å². The van der Waals surface area contributed by atoms with E-state index in [1.54, 1.807) is 4.90 Å². The molecule has 0 N–H and O–H groups in total. The molecule has 0 saturated heterocycles. The Labute approximate surface area is 143 Å². The molecule has 0 saturated carbocycles. The lowest BCUT2D eigenvalue weighted by Crippen LogP contribution is -2.37. The fourth-order valence-electron chi connectivity index (χ4n) is 2.77. The third kappa shape index (κ3) is 3.70. The monoisotopic (exact) mass is 325 g/mol. The zero-order chi connectivity index (χ0) is 16.8. The molecule has 0 spiro atoms. The van der Waals surface area contributed by atoms with Gasteiger partial charge in [-0.2, -0.15) is 0 Å². The fourth-order valence-corrected chi connectivity index (χ4v) is 2.77. The molecule has 3 rings (SSSR count). The van der Waals surface area contributed by atoms with E-state index in [0.717, 1.165) is 30.2 Å². The summed E-state index contributed by atoms with van der Waals surface area (Å²) in [7, 11) is 0. The average molecular weight is 325 g/mol. The van der Waals surface area contributed by atoms with Crippen LogP contribution in [0.2, 0.25) is 0 Å². The highest BCUT2D eigenvalue weighted by Gasteiger charge is 2.24. The molecule has 0 atom stereocenters. The second-order valence-corrected chi connectivity index (χ2v) is 5.85. The minimum absolute atomic E-state index is 0.0108. The molecule has 0 unspecified atom stereocenters. The van der Waals surface area contributed by atoms with Gasteiger partial charge in [0.1, 0.15) is 18.1 Å². The molecule has 126 valence electrons. The predicted molar refractivity (Wildman–Crippen MR) is 95.1 cm³/mol. The normalized spacial score (nSPS) is 13.1. The number of hydrogen-bond donors (Lipinski definition) is 0. The Morgan fingerprint density at radius 2 is 1.92 bits per heavy atom. The first-order chi connectivity index (χ1) is 11.8. The van der Waals surface area contributed by atoms with Gasteiger partial charge in [-0.05, 0) is 42.8 Å². The van der Waals surface area contributed by atoms with Crippen molar-refractivity contribution in [3.8, 4) is 11.5 Å². The van der Waals surface area contributed by atoms with Gasteiger partial charge in [-0.1, -0.05) is 31.9 Å². The summed E-state index contributed by atoms with van der Waals surface area (Å²) >= 11 is 0. The first kappa shape index (κ1) is 16.4. The van der Waals surface area contributed by atoms with Crippen LogP contribution in [-0.2, 0) is 0 Å². The van der Waals surface area contributed by atoms with Crippen LogP contribution < -0.4 is 14.4 Å². The average Bonchev–Trinajstić information content (AvgIpc) is 2.65. The van der Waals surface area contributed by atoms with Crippen LogP contribution in [0, 0.1) is 0 Å². The summed E-state index contributed by atoms with van der Waals surface area (Å²) in [4.78, 5) is 14.6. The number of carbonyl (C=O) groups excluding carboxylic acids is 1. The molecule has 1 amide bonds. The molecule has 1 aliphatic heterocycles. The van der Waals surface area contributed by atoms with Gasteiger partial charge in [-0.3, -0.25) is 4.79 Å². The molecule has 4 nitrogen and oxygen atoms in total. The van der Waals surface area contributed by atoms with Crippen LogP contribution in [0.15, 0.2) is 48.5 Å². The Morgan fingerprint density at radius 1 is 1.12 bits per heavy atom. The van der Waals surface area contributed by atoms with E-state index in [0.29, 0.717) is 18.7 Å². The third-order valence-corrected chi connectivity index (χ3v) is 4.09. The number of rotatable bonds is 6. The number of nitrogens with zero attached hydrogens (tertiary/aromatic N) is 1. The second kappa shape index (κ2) is 7.86. The van der Waals surface area contributed by atoms with Gasteiger partial charge in [0, 0.05) is 5.56 Å². The molecule has 1 heterocycles. The third-order valence-electron chi connectivity index (χ3n) is 4.09. The van der Waals surface area contributed by atoms with Gasteiger partial charge in [0.2, 0.25) is 0 Å². The molecule has 24 heavy (non-hydrogen) atoms. The fraction of sp³-hybridized carbons (Fsp3) is 0.350. The number of benzene rings is 2. The van der Waals surface area contributed by atoms with E-state index < -0.39 is 0 Å². The first-order valence-electron chi connectivity index (χ1n) is 8.56. The summed E-state index contributed by atoms with van der Waals surface area (Å²) in [5.41, 5.74) is 1.49. The Bertz CT molecular complexity index is 682. The molecule has 0 aliphatic carbocycles. The van der Waals surface area contributed by atoms with Crippen molar-refractivity contribution in [2.45, 2.75) is 26.2 Å². The number of carbonyl (C=O) groups is 1. The predicted octanol–water partition coefficient (Wildman–Crippen LogP) is 4.29. The summed E-state index contributed by atoms with van der Waals surface area (Å²) in [6.07, 6.45) is 3.41. The highest BCUT2D eigenvalue weighted by atomic mass is 16.5. The Kier molecular flexibility index (Phi) is 5.36. The van der Waals surface area contributed by atoms with Gasteiger partial charge < -0.3 is 14.4 Å². The summed E-state index contributed by atoms with van der Waals surface area (Å²) in [6, 6.07) is 15.0. The topological polar surface area (TPSA) is 38.8 Å². The van der Waals surface area contributed by atoms with E-state index >= 15 is 0 Å². The number of fused-ring (bicyclic) bond motifs is 1. The van der Waals surface area contributed by atoms with Crippen LogP contribution in [0.5, 0.6) is 11.5 Å². The number of ether oxygens (including phenoxy) is 2. The number of anilines is 1. The Balaban J connectivity index is 1.68. The highest BCUT2D eigenvalue weighted by molar-refractivity contribution is 6.07. The lowest BCUT2D eigenvalue weighted by Gasteiger charge is -2.29. The molecule has 0 aromatic heterocycles. The maximum atomic E-state index is 12.8. The largest absolute Gasteiger partial charge is 0.494 e. The van der Waals surface area contributed by atoms with E-state index in [9.17, 15) is 4.79 Å². The van der Waals surface area contributed by atoms with Crippen LogP contribution in [0.1, 0.15) is 36.5 Å². The van der Waals surface area contributed by atoms with E-state index in [2.05, 4.69) is 6.92 Å². The number of unbranched alkanes of at least 4 members (excludes halogenated alkanes) is 2. The molecular formula is C20H23NO3. The molecule has 0 fully saturated rings. The Hall–Kier alpha value is -2.49. The number of hydrogen-bond acceptors (Lipinski definition) is 3. The maximum Gasteiger partial charge on any atom is 0.258 e. The molecule has 2 aromatic rings. The smallest absolute Gasteiger partial charge is 0.258 e. The molecular weight excluding hydrogens is 302 g/mol. The SMILES string of the molecule is CCCCCOc1ccc(C(=O)N2CCOc3ccccc32)cc1. The van der Waals surface area contributed by atoms with Gasteiger partial charge in [-0.15, -0.1) is 0 Å². The van der Waals surface area contributed by atoms with Gasteiger partial charge >= 0.3 is 0 Å². The maximum absolute atomic E-state index is 12.8. The summed E-state index contributed by atoms with van der Waals surface area (Å²) in [5, 5.41) is 0. The van der Waals surface area contributed by atoms with Crippen molar-refractivity contribution >= 4 is 11.6 Å². The second-order valence-electron chi connectivity index (χ2n) is 5.85. The Morgan fingerprint density at radius 3 is 2.71 bits per heavy atom. The zero-order valence-corrected chi connectivity index (χ0v) is 14.0. The molecule has 1 aliphatic rings. The van der Waals surface area contributed by atoms with Gasteiger partial charge in [0.15, 0.2) is 0 Å². The quantitative estimate of drug-likeness (QED) is 0.744. The van der Waals surface area contributed by atoms with Crippen LogP contribution in [0.25, 0.3) is 0 Å². The molecule has 0 radical (unpaired) electrons. The standard InChI is InChI=1S/C20H23NO3/c1-2-3-6-14-23-17-11-9-16(10-12-17)20(22)21-13-15-24-19-8-5-4-7-18(19)21/h4-5,7-12H,2-3,6,13-15H2,1H3. The van der Waals surface area contributed by atoms with E-state index in [1.807, 2.05) is 48.5 Å². The van der Waals surface area contributed by atoms with Crippen molar-refractivity contribution in [2.24, 2.45) is 0 Å². The van der Waals surface area contributed by atoms with Crippen LogP contribution in [0.4, 0.5) is 5.69 Å². The first-order valence-corrected chi connectivity index (χ1v) is 8.56. The van der Waals surface area contributed by atoms with Gasteiger partial charge in [-0.25, -0.2) is 0 Å². The van der Waals surface area contributed by atoms with Crippen molar-refractivity contribution in [2.75, 3.05) is 24.7 Å².